The van der Waals surface area contributed by atoms with E-state index in [2.05, 4.69) is 24.1 Å². The summed E-state index contributed by atoms with van der Waals surface area (Å²) in [7, 11) is -3.81. The fourth-order valence-electron chi connectivity index (χ4n) is 3.50. The Morgan fingerprint density at radius 3 is 2.68 bits per heavy atom. The average molecular weight is 413 g/mol. The van der Waals surface area contributed by atoms with Gasteiger partial charge in [-0.25, -0.2) is 23.3 Å². The van der Waals surface area contributed by atoms with Gasteiger partial charge < -0.3 is 15.0 Å². The predicted octanol–water partition coefficient (Wildman–Crippen LogP) is 2.96. The van der Waals surface area contributed by atoms with Gasteiger partial charge in [-0.2, -0.15) is 0 Å². The molecule has 0 spiro atoms. The molecule has 0 unspecified atom stereocenters. The predicted molar refractivity (Wildman–Crippen MR) is 108 cm³/mol. The van der Waals surface area contributed by atoms with Crippen LogP contribution in [-0.4, -0.2) is 48.6 Å². The van der Waals surface area contributed by atoms with Crippen LogP contribution in [0.3, 0.4) is 0 Å². The van der Waals surface area contributed by atoms with E-state index in [1.165, 1.54) is 6.07 Å². The van der Waals surface area contributed by atoms with E-state index in [9.17, 15) is 13.2 Å². The zero-order chi connectivity index (χ0) is 21.2. The molecule has 0 saturated carbocycles. The molecule has 2 heterocycles. The van der Waals surface area contributed by atoms with Crippen molar-refractivity contribution in [2.45, 2.75) is 70.0 Å². The lowest BCUT2D eigenvalue weighted by molar-refractivity contribution is 0.0131. The third-order valence-electron chi connectivity index (χ3n) is 4.68. The number of sulfonamides is 1. The Balaban J connectivity index is 1.83. The molecule has 28 heavy (non-hydrogen) atoms. The maximum absolute atomic E-state index is 12.5. The van der Waals surface area contributed by atoms with Crippen LogP contribution in [0.5, 0.6) is 0 Å². The van der Waals surface area contributed by atoms with Crippen molar-refractivity contribution in [1.29, 1.82) is 0 Å². The number of amides is 1. The molecule has 1 aromatic heterocycles. The molecule has 1 amide bonds. The third kappa shape index (κ3) is 6.34. The highest BCUT2D eigenvalue weighted by atomic mass is 32.2. The smallest absolute Gasteiger partial charge is 0.410 e. The van der Waals surface area contributed by atoms with Gasteiger partial charge in [-0.3, -0.25) is 0 Å². The molecule has 1 aliphatic rings. The van der Waals surface area contributed by atoms with Crippen LogP contribution in [-0.2, 0) is 14.8 Å². The lowest BCUT2D eigenvalue weighted by Crippen LogP contribution is -2.45. The monoisotopic (exact) mass is 412 g/mol. The van der Waals surface area contributed by atoms with Gasteiger partial charge in [0, 0.05) is 18.6 Å². The number of nitrogens with one attached hydrogen (secondary N) is 1. The summed E-state index contributed by atoms with van der Waals surface area (Å²) in [5.74, 6) is 0.877. The van der Waals surface area contributed by atoms with Crippen molar-refractivity contribution in [2.75, 3.05) is 18.4 Å². The standard InChI is InChI=1S/C19H32N4O4S/c1-18(2,3)27-17(24)23-13-14(12-19(23,4)5)8-7-11-21-15-9-6-10-16(22-15)28(20,25)26/h6,9-10,14H,7-8,11-13H2,1-5H3,(H,21,22)(H2,20,25,26)/t14-/m1/s1. The van der Waals surface area contributed by atoms with Crippen LogP contribution in [0.4, 0.5) is 10.6 Å². The quantitative estimate of drug-likeness (QED) is 0.694. The number of pyridine rings is 1. The van der Waals surface area contributed by atoms with Crippen molar-refractivity contribution < 1.29 is 17.9 Å². The van der Waals surface area contributed by atoms with E-state index in [0.29, 0.717) is 24.8 Å². The van der Waals surface area contributed by atoms with Gasteiger partial charge in [-0.1, -0.05) is 6.07 Å². The third-order valence-corrected chi connectivity index (χ3v) is 5.49. The van der Waals surface area contributed by atoms with Crippen molar-refractivity contribution in [2.24, 2.45) is 11.1 Å². The Bertz CT molecular complexity index is 802. The SMILES string of the molecule is CC(C)(C)OC(=O)N1C[C@H](CCCNc2cccc(S(N)(=O)=O)n2)CC1(C)C. The maximum atomic E-state index is 12.5. The molecule has 1 aromatic rings. The lowest BCUT2D eigenvalue weighted by atomic mass is 9.93. The number of ether oxygens (including phenoxy) is 1. The molecule has 8 nitrogen and oxygen atoms in total. The minimum Gasteiger partial charge on any atom is -0.444 e. The number of hydrogen-bond donors (Lipinski definition) is 2. The van der Waals surface area contributed by atoms with Gasteiger partial charge >= 0.3 is 6.09 Å². The van der Waals surface area contributed by atoms with Crippen LogP contribution < -0.4 is 10.5 Å². The molecular formula is C19H32N4O4S. The summed E-state index contributed by atoms with van der Waals surface area (Å²) in [6.07, 6.45) is 2.49. The molecule has 158 valence electrons. The highest BCUT2D eigenvalue weighted by Gasteiger charge is 2.42. The number of rotatable bonds is 6. The van der Waals surface area contributed by atoms with Gasteiger partial charge in [0.1, 0.15) is 11.4 Å². The molecule has 1 fully saturated rings. The van der Waals surface area contributed by atoms with E-state index >= 15 is 0 Å². The van der Waals surface area contributed by atoms with Crippen LogP contribution in [0.25, 0.3) is 0 Å². The van der Waals surface area contributed by atoms with Crippen molar-refractivity contribution in [3.8, 4) is 0 Å². The summed E-state index contributed by atoms with van der Waals surface area (Å²) in [5, 5.41) is 8.08. The van der Waals surface area contributed by atoms with Crippen LogP contribution >= 0.6 is 0 Å². The minimum atomic E-state index is -3.81. The Kier molecular flexibility index (Phi) is 6.60. The molecule has 1 aliphatic heterocycles. The topological polar surface area (TPSA) is 115 Å². The number of hydrogen-bond acceptors (Lipinski definition) is 6. The summed E-state index contributed by atoms with van der Waals surface area (Å²) >= 11 is 0. The van der Waals surface area contributed by atoms with Crippen molar-refractivity contribution in [1.82, 2.24) is 9.88 Å². The number of anilines is 1. The number of likely N-dealkylation sites (tertiary alicyclic amines) is 1. The zero-order valence-corrected chi connectivity index (χ0v) is 18.2. The second kappa shape index (κ2) is 8.24. The molecule has 0 bridgehead atoms. The normalized spacial score (nSPS) is 19.5. The summed E-state index contributed by atoms with van der Waals surface area (Å²) in [5.41, 5.74) is -0.737. The van der Waals surface area contributed by atoms with Crippen LogP contribution in [0.15, 0.2) is 23.2 Å². The van der Waals surface area contributed by atoms with Gasteiger partial charge in [0.25, 0.3) is 10.0 Å². The van der Waals surface area contributed by atoms with Crippen LogP contribution in [0, 0.1) is 5.92 Å². The highest BCUT2D eigenvalue weighted by Crippen LogP contribution is 2.36. The molecule has 0 aromatic carbocycles. The molecule has 2 rings (SSSR count). The number of nitrogens with two attached hydrogens (primary N) is 1. The van der Waals surface area contributed by atoms with Crippen LogP contribution in [0.1, 0.15) is 53.9 Å². The van der Waals surface area contributed by atoms with Gasteiger partial charge in [0.15, 0.2) is 5.03 Å². The first-order chi connectivity index (χ1) is 12.8. The average Bonchev–Trinajstić information content (AvgIpc) is 2.84. The fourth-order valence-corrected chi connectivity index (χ4v) is 3.99. The highest BCUT2D eigenvalue weighted by molar-refractivity contribution is 7.89. The van der Waals surface area contributed by atoms with Gasteiger partial charge in [0.2, 0.25) is 0 Å². The molecular weight excluding hydrogens is 380 g/mol. The largest absolute Gasteiger partial charge is 0.444 e. The number of nitrogens with zero attached hydrogens (tertiary/aromatic N) is 2. The first-order valence-corrected chi connectivity index (χ1v) is 11.1. The fraction of sp³-hybridized carbons (Fsp3) is 0.684. The van der Waals surface area contributed by atoms with E-state index in [1.54, 1.807) is 12.1 Å². The van der Waals surface area contributed by atoms with E-state index in [4.69, 9.17) is 9.88 Å². The Morgan fingerprint density at radius 1 is 1.39 bits per heavy atom. The van der Waals surface area contributed by atoms with Crippen molar-refractivity contribution >= 4 is 21.9 Å². The second-order valence-corrected chi connectivity index (χ2v) is 10.5. The number of carbonyl (C=O) groups is 1. The first-order valence-electron chi connectivity index (χ1n) is 9.52. The molecule has 0 radical (unpaired) electrons. The lowest BCUT2D eigenvalue weighted by Gasteiger charge is -2.33. The Morgan fingerprint density at radius 2 is 2.07 bits per heavy atom. The zero-order valence-electron chi connectivity index (χ0n) is 17.4. The summed E-state index contributed by atoms with van der Waals surface area (Å²) in [6, 6.07) is 4.68. The molecule has 3 N–H and O–H groups in total. The van der Waals surface area contributed by atoms with Crippen LogP contribution in [0.2, 0.25) is 0 Å². The number of primary sulfonamides is 1. The van der Waals surface area contributed by atoms with E-state index < -0.39 is 15.6 Å². The van der Waals surface area contributed by atoms with Crippen molar-refractivity contribution in [3.05, 3.63) is 18.2 Å². The molecule has 1 saturated heterocycles. The summed E-state index contributed by atoms with van der Waals surface area (Å²) < 4.78 is 28.3. The van der Waals surface area contributed by atoms with Crippen molar-refractivity contribution in [3.63, 3.8) is 0 Å². The van der Waals surface area contributed by atoms with Gasteiger partial charge in [-0.15, -0.1) is 0 Å². The maximum Gasteiger partial charge on any atom is 0.410 e. The number of carbonyl (C=O) groups excluding carboxylic acids is 1. The van der Waals surface area contributed by atoms with E-state index in [-0.39, 0.29) is 16.7 Å². The summed E-state index contributed by atoms with van der Waals surface area (Å²) in [4.78, 5) is 18.3. The van der Waals surface area contributed by atoms with Gasteiger partial charge in [-0.05, 0) is 71.9 Å². The second-order valence-electron chi connectivity index (χ2n) is 8.95. The van der Waals surface area contributed by atoms with E-state index in [0.717, 1.165) is 19.3 Å². The minimum absolute atomic E-state index is 0.150. The molecule has 0 aliphatic carbocycles. The molecule has 1 atom stereocenters. The van der Waals surface area contributed by atoms with Gasteiger partial charge in [0.05, 0.1) is 0 Å². The molecule has 9 heteroatoms. The first kappa shape index (κ1) is 22.4. The van der Waals surface area contributed by atoms with E-state index in [1.807, 2.05) is 25.7 Å². The Labute approximate surface area is 167 Å². The Hall–Kier alpha value is -1.87. The number of aromatic nitrogens is 1. The summed E-state index contributed by atoms with van der Waals surface area (Å²) in [6.45, 7) is 11.1.